The van der Waals surface area contributed by atoms with Gasteiger partial charge in [-0.2, -0.15) is 0 Å². The number of hydrogen-bond acceptors (Lipinski definition) is 5. The molecule has 0 aliphatic rings. The minimum absolute atomic E-state index is 0.0113. The van der Waals surface area contributed by atoms with Crippen LogP contribution in [0.15, 0.2) is 0 Å². The molecule has 132 valence electrons. The third-order valence-corrected chi connectivity index (χ3v) is 3.89. The predicted molar refractivity (Wildman–Crippen MR) is 92.3 cm³/mol. The Hall–Kier alpha value is -0.260. The van der Waals surface area contributed by atoms with E-state index in [1.807, 2.05) is 27.8 Å². The average Bonchev–Trinajstić information content (AvgIpc) is 2.50. The van der Waals surface area contributed by atoms with Gasteiger partial charge in [-0.05, 0) is 14.0 Å². The first-order valence-electron chi connectivity index (χ1n) is 7.94. The van der Waals surface area contributed by atoms with Crippen LogP contribution >= 0.6 is 9.24 Å². The number of hydrogen-bond donors (Lipinski definition) is 2. The molecule has 0 saturated carbocycles. The highest BCUT2D eigenvalue weighted by Crippen LogP contribution is 2.09. The van der Waals surface area contributed by atoms with Crippen LogP contribution in [0, 0.1) is 5.92 Å². The van der Waals surface area contributed by atoms with Gasteiger partial charge in [-0.3, -0.25) is 4.79 Å². The largest absolute Gasteiger partial charge is 0.378 e. The summed E-state index contributed by atoms with van der Waals surface area (Å²) in [4.78, 5) is 11.5. The van der Waals surface area contributed by atoms with E-state index in [9.17, 15) is 4.79 Å². The fourth-order valence-electron chi connectivity index (χ4n) is 1.50. The molecule has 0 rings (SSSR count). The second-order valence-corrected chi connectivity index (χ2v) is 6.32. The van der Waals surface area contributed by atoms with Gasteiger partial charge in [-0.1, -0.05) is 13.8 Å². The van der Waals surface area contributed by atoms with E-state index < -0.39 is 0 Å². The first-order chi connectivity index (χ1) is 10.5. The third-order valence-electron chi connectivity index (χ3n) is 3.12. The molecule has 0 spiro atoms. The Labute approximate surface area is 137 Å². The highest BCUT2D eigenvalue weighted by Gasteiger charge is 2.15. The van der Waals surface area contributed by atoms with Crippen molar-refractivity contribution in [3.63, 3.8) is 0 Å². The molecule has 0 fully saturated rings. The van der Waals surface area contributed by atoms with Crippen molar-refractivity contribution in [3.8, 4) is 0 Å². The summed E-state index contributed by atoms with van der Waals surface area (Å²) in [6, 6.07) is 0. The van der Waals surface area contributed by atoms with Gasteiger partial charge in [0.15, 0.2) is 0 Å². The maximum atomic E-state index is 11.5. The van der Waals surface area contributed by atoms with Gasteiger partial charge in [-0.15, -0.1) is 9.24 Å². The molecule has 0 aliphatic heterocycles. The molecule has 0 aromatic heterocycles. The van der Waals surface area contributed by atoms with Crippen LogP contribution in [-0.4, -0.2) is 70.8 Å². The number of ether oxygens (including phenoxy) is 3. The molecule has 0 saturated heterocycles. The van der Waals surface area contributed by atoms with Crippen LogP contribution in [0.5, 0.6) is 0 Å². The lowest BCUT2D eigenvalue weighted by molar-refractivity contribution is -0.124. The maximum absolute atomic E-state index is 11.5. The molecule has 6 nitrogen and oxygen atoms in total. The molecule has 0 aromatic carbocycles. The monoisotopic (exact) mass is 336 g/mol. The Morgan fingerprint density at radius 1 is 1.05 bits per heavy atom. The van der Waals surface area contributed by atoms with Gasteiger partial charge >= 0.3 is 0 Å². The number of rotatable bonds is 14. The van der Waals surface area contributed by atoms with Crippen molar-refractivity contribution in [1.82, 2.24) is 10.6 Å². The molecule has 0 bridgehead atoms. The lowest BCUT2D eigenvalue weighted by Crippen LogP contribution is -2.37. The summed E-state index contributed by atoms with van der Waals surface area (Å²) in [5, 5.41) is 5.92. The lowest BCUT2D eigenvalue weighted by atomic mass is 10.2. The van der Waals surface area contributed by atoms with E-state index >= 15 is 0 Å². The zero-order chi connectivity index (χ0) is 16.8. The predicted octanol–water partition coefficient (Wildman–Crippen LogP) is 0.660. The first kappa shape index (κ1) is 21.7. The summed E-state index contributed by atoms with van der Waals surface area (Å²) in [7, 11) is 4.62. The molecule has 2 N–H and O–H groups in total. The quantitative estimate of drug-likeness (QED) is 0.360. The van der Waals surface area contributed by atoms with Gasteiger partial charge < -0.3 is 24.8 Å². The van der Waals surface area contributed by atoms with Crippen molar-refractivity contribution in [2.75, 3.05) is 53.2 Å². The SMILES string of the molecule is CNCCOCCOCCOC(C)C(P)CNC(=O)C(C)C. The maximum Gasteiger partial charge on any atom is 0.222 e. The van der Waals surface area contributed by atoms with Crippen molar-refractivity contribution in [2.45, 2.75) is 32.5 Å². The van der Waals surface area contributed by atoms with Gasteiger partial charge in [0.2, 0.25) is 5.91 Å². The molecule has 1 amide bonds. The molecule has 0 radical (unpaired) electrons. The summed E-state index contributed by atoms with van der Waals surface area (Å²) < 4.78 is 16.5. The van der Waals surface area contributed by atoms with Crippen molar-refractivity contribution >= 4 is 15.1 Å². The fourth-order valence-corrected chi connectivity index (χ4v) is 1.73. The van der Waals surface area contributed by atoms with Crippen LogP contribution in [-0.2, 0) is 19.0 Å². The number of carbonyl (C=O) groups is 1. The second kappa shape index (κ2) is 14.3. The smallest absolute Gasteiger partial charge is 0.222 e. The molecule has 3 atom stereocenters. The Morgan fingerprint density at radius 3 is 2.23 bits per heavy atom. The van der Waals surface area contributed by atoms with Crippen molar-refractivity contribution < 1.29 is 19.0 Å². The Morgan fingerprint density at radius 2 is 1.64 bits per heavy atom. The van der Waals surface area contributed by atoms with Crippen LogP contribution in [0.4, 0.5) is 0 Å². The number of likely N-dealkylation sites (N-methyl/N-ethyl adjacent to an activating group) is 1. The number of carbonyl (C=O) groups excluding carboxylic acids is 1. The highest BCUT2D eigenvalue weighted by atomic mass is 31.0. The molecule has 0 aromatic rings. The summed E-state index contributed by atoms with van der Waals surface area (Å²) in [5.74, 6) is 0.0819. The number of amides is 1. The van der Waals surface area contributed by atoms with E-state index in [-0.39, 0.29) is 23.6 Å². The zero-order valence-electron chi connectivity index (χ0n) is 14.4. The van der Waals surface area contributed by atoms with Gasteiger partial charge in [0.05, 0.1) is 39.1 Å². The van der Waals surface area contributed by atoms with Gasteiger partial charge in [0.1, 0.15) is 0 Å². The molecular weight excluding hydrogens is 303 g/mol. The summed E-state index contributed by atoms with van der Waals surface area (Å²) in [5.41, 5.74) is 0.188. The molecule has 0 aliphatic carbocycles. The molecule has 7 heteroatoms. The van der Waals surface area contributed by atoms with Crippen LogP contribution in [0.1, 0.15) is 20.8 Å². The van der Waals surface area contributed by atoms with E-state index in [1.165, 1.54) is 0 Å². The molecule has 22 heavy (non-hydrogen) atoms. The standard InChI is InChI=1S/C15H33N2O4P/c1-12(2)15(18)17-11-14(22)13(3)21-10-9-20-8-7-19-6-5-16-4/h12-14,16H,5-11,22H2,1-4H3,(H,17,18). The van der Waals surface area contributed by atoms with Crippen molar-refractivity contribution in [3.05, 3.63) is 0 Å². The van der Waals surface area contributed by atoms with E-state index in [0.29, 0.717) is 39.6 Å². The van der Waals surface area contributed by atoms with Gasteiger partial charge in [-0.25, -0.2) is 0 Å². The topological polar surface area (TPSA) is 68.8 Å². The third kappa shape index (κ3) is 12.3. The van der Waals surface area contributed by atoms with Crippen LogP contribution in [0.2, 0.25) is 0 Å². The van der Waals surface area contributed by atoms with E-state index in [2.05, 4.69) is 19.9 Å². The average molecular weight is 336 g/mol. The summed E-state index contributed by atoms with van der Waals surface area (Å²) >= 11 is 0. The Kier molecular flexibility index (Phi) is 14.2. The lowest BCUT2D eigenvalue weighted by Gasteiger charge is -2.21. The van der Waals surface area contributed by atoms with Crippen molar-refractivity contribution in [2.24, 2.45) is 5.92 Å². The van der Waals surface area contributed by atoms with E-state index in [0.717, 1.165) is 6.54 Å². The zero-order valence-corrected chi connectivity index (χ0v) is 15.5. The van der Waals surface area contributed by atoms with Gasteiger partial charge in [0.25, 0.3) is 0 Å². The van der Waals surface area contributed by atoms with Crippen LogP contribution in [0.25, 0.3) is 0 Å². The van der Waals surface area contributed by atoms with Crippen LogP contribution < -0.4 is 10.6 Å². The van der Waals surface area contributed by atoms with E-state index in [1.54, 1.807) is 0 Å². The van der Waals surface area contributed by atoms with E-state index in [4.69, 9.17) is 14.2 Å². The summed E-state index contributed by atoms with van der Waals surface area (Å²) in [6.45, 7) is 10.2. The first-order valence-corrected chi connectivity index (χ1v) is 8.60. The highest BCUT2D eigenvalue weighted by molar-refractivity contribution is 7.17. The molecule has 3 unspecified atom stereocenters. The Bertz CT molecular complexity index is 280. The second-order valence-electron chi connectivity index (χ2n) is 5.47. The van der Waals surface area contributed by atoms with Crippen molar-refractivity contribution in [1.29, 1.82) is 0 Å². The van der Waals surface area contributed by atoms with Gasteiger partial charge in [0, 0.05) is 24.7 Å². The minimum Gasteiger partial charge on any atom is -0.378 e. The minimum atomic E-state index is 0.0113. The Balaban J connectivity index is 3.48. The normalized spacial score (nSPS) is 14.1. The summed E-state index contributed by atoms with van der Waals surface area (Å²) in [6.07, 6.45) is 0.0490. The molecular formula is C15H33N2O4P. The molecule has 0 heterocycles. The fraction of sp³-hybridized carbons (Fsp3) is 0.933. The van der Waals surface area contributed by atoms with Crippen LogP contribution in [0.3, 0.4) is 0 Å². The number of nitrogens with one attached hydrogen (secondary N) is 2.